The second kappa shape index (κ2) is 15.9. The number of anilines is 3. The standard InChI is InChI=1S/C41H41N9O5/c51-36-19-17-33(38(52)45-36)49-39(53)32-10-7-11-34(37(32)40(49)54)55-25-6-2-5-20-47-21-23-48(24-22-47)35-18-13-29(26-42-35)44-41-43-27-31-16-15-30(50(31)46-41)14-12-28-8-3-1-4-9-28/h1,3-4,7-16,18,26-27,33H,2,5-6,17,19-25H2,(H,44,46)(H,45,51,52)/b14-12+. The lowest BCUT2D eigenvalue weighted by Crippen LogP contribution is -2.54. The van der Waals surface area contributed by atoms with Crippen molar-refractivity contribution >= 4 is 58.8 Å². The van der Waals surface area contributed by atoms with Gasteiger partial charge in [-0.3, -0.25) is 34.3 Å². The monoisotopic (exact) mass is 739 g/mol. The van der Waals surface area contributed by atoms with Gasteiger partial charge in [-0.25, -0.2) is 14.5 Å². The fourth-order valence-corrected chi connectivity index (χ4v) is 7.23. The number of piperazine rings is 1. The molecule has 1 atom stereocenters. The number of pyridine rings is 1. The minimum absolute atomic E-state index is 0.0759. The van der Waals surface area contributed by atoms with Crippen molar-refractivity contribution < 1.29 is 23.9 Å². The van der Waals surface area contributed by atoms with E-state index in [0.29, 0.717) is 18.3 Å². The summed E-state index contributed by atoms with van der Waals surface area (Å²) in [7, 11) is 0. The number of rotatable bonds is 13. The normalized spacial score (nSPS) is 17.6. The van der Waals surface area contributed by atoms with Gasteiger partial charge < -0.3 is 15.0 Å². The van der Waals surface area contributed by atoms with Crippen LogP contribution in [0.4, 0.5) is 17.5 Å². The molecule has 2 fully saturated rings. The van der Waals surface area contributed by atoms with Crippen molar-refractivity contribution in [2.24, 2.45) is 0 Å². The molecule has 3 aromatic heterocycles. The molecule has 0 bridgehead atoms. The molecule has 0 aliphatic carbocycles. The van der Waals surface area contributed by atoms with E-state index in [1.165, 1.54) is 0 Å². The Kier molecular flexibility index (Phi) is 10.3. The van der Waals surface area contributed by atoms with E-state index in [9.17, 15) is 19.2 Å². The molecule has 4 amide bonds. The number of amides is 4. The highest BCUT2D eigenvalue weighted by Gasteiger charge is 2.46. The molecule has 55 heavy (non-hydrogen) atoms. The Morgan fingerprint density at radius 3 is 2.47 bits per heavy atom. The Morgan fingerprint density at radius 1 is 0.818 bits per heavy atom. The van der Waals surface area contributed by atoms with Gasteiger partial charge in [0.25, 0.3) is 11.8 Å². The molecular weight excluding hydrogens is 699 g/mol. The number of imide groups is 2. The summed E-state index contributed by atoms with van der Waals surface area (Å²) >= 11 is 0. The number of nitrogens with zero attached hydrogens (tertiary/aromatic N) is 7. The van der Waals surface area contributed by atoms with E-state index in [1.54, 1.807) is 24.4 Å². The van der Waals surface area contributed by atoms with E-state index < -0.39 is 29.7 Å². The zero-order chi connectivity index (χ0) is 37.7. The highest BCUT2D eigenvalue weighted by Crippen LogP contribution is 2.34. The molecule has 2 aromatic carbocycles. The number of benzene rings is 2. The largest absolute Gasteiger partial charge is 0.493 e. The van der Waals surface area contributed by atoms with Gasteiger partial charge in [0.2, 0.25) is 17.8 Å². The van der Waals surface area contributed by atoms with Gasteiger partial charge in [-0.15, -0.1) is 5.10 Å². The smallest absolute Gasteiger partial charge is 0.266 e. The molecule has 0 spiro atoms. The van der Waals surface area contributed by atoms with Crippen LogP contribution in [0.5, 0.6) is 5.75 Å². The van der Waals surface area contributed by atoms with Crippen LogP contribution >= 0.6 is 0 Å². The lowest BCUT2D eigenvalue weighted by atomic mass is 10.0. The fraction of sp³-hybridized carbons (Fsp3) is 0.293. The number of carbonyl (C=O) groups excluding carboxylic acids is 4. The van der Waals surface area contributed by atoms with Crippen LogP contribution in [0.25, 0.3) is 17.7 Å². The number of ether oxygens (including phenoxy) is 1. The quantitative estimate of drug-likeness (QED) is 0.126. The number of hydrogen-bond donors (Lipinski definition) is 2. The molecule has 5 aromatic rings. The molecule has 1 unspecified atom stereocenters. The lowest BCUT2D eigenvalue weighted by Gasteiger charge is -2.35. The molecule has 8 rings (SSSR count). The second-order valence-electron chi connectivity index (χ2n) is 13.8. The van der Waals surface area contributed by atoms with Crippen molar-refractivity contribution in [3.63, 3.8) is 0 Å². The maximum atomic E-state index is 13.3. The van der Waals surface area contributed by atoms with Crippen LogP contribution < -0.4 is 20.3 Å². The summed E-state index contributed by atoms with van der Waals surface area (Å²) in [6.45, 7) is 5.05. The van der Waals surface area contributed by atoms with E-state index in [1.807, 2.05) is 59.3 Å². The fourth-order valence-electron chi connectivity index (χ4n) is 7.23. The average molecular weight is 740 g/mol. The molecule has 14 nitrogen and oxygen atoms in total. The van der Waals surface area contributed by atoms with Crippen LogP contribution in [0.3, 0.4) is 0 Å². The highest BCUT2D eigenvalue weighted by molar-refractivity contribution is 6.24. The molecule has 2 N–H and O–H groups in total. The molecular formula is C41H41N9O5. The predicted octanol–water partition coefficient (Wildman–Crippen LogP) is 4.81. The first-order chi connectivity index (χ1) is 26.9. The average Bonchev–Trinajstić information content (AvgIpc) is 3.73. The van der Waals surface area contributed by atoms with Gasteiger partial charge in [0.15, 0.2) is 0 Å². The minimum atomic E-state index is -1.00. The van der Waals surface area contributed by atoms with E-state index in [4.69, 9.17) is 14.8 Å². The van der Waals surface area contributed by atoms with Crippen molar-refractivity contribution in [1.82, 2.24) is 34.7 Å². The summed E-state index contributed by atoms with van der Waals surface area (Å²) in [4.78, 5) is 65.3. The summed E-state index contributed by atoms with van der Waals surface area (Å²) in [5.41, 5.74) is 4.20. The van der Waals surface area contributed by atoms with Crippen LogP contribution in [-0.4, -0.2) is 98.4 Å². The van der Waals surface area contributed by atoms with Gasteiger partial charge in [0.05, 0.1) is 47.0 Å². The number of carbonyl (C=O) groups is 4. The third kappa shape index (κ3) is 7.80. The van der Waals surface area contributed by atoms with Crippen molar-refractivity contribution in [1.29, 1.82) is 0 Å². The molecule has 280 valence electrons. The number of unbranched alkanes of at least 4 members (excludes halogenated alkanes) is 2. The topological polar surface area (TPSA) is 154 Å². The van der Waals surface area contributed by atoms with Gasteiger partial charge in [0, 0.05) is 32.6 Å². The molecule has 2 saturated heterocycles. The van der Waals surface area contributed by atoms with Crippen molar-refractivity contribution in [2.75, 3.05) is 49.5 Å². The predicted molar refractivity (Wildman–Crippen MR) is 207 cm³/mol. The Hall–Kier alpha value is -6.41. The number of piperidine rings is 1. The van der Waals surface area contributed by atoms with Gasteiger partial charge in [-0.05, 0) is 80.3 Å². The Bertz CT molecular complexity index is 2250. The first-order valence-electron chi connectivity index (χ1n) is 18.7. The number of fused-ring (bicyclic) bond motifs is 2. The van der Waals surface area contributed by atoms with Gasteiger partial charge in [-0.1, -0.05) is 42.5 Å². The summed E-state index contributed by atoms with van der Waals surface area (Å²) < 4.78 is 7.86. The first kappa shape index (κ1) is 35.6. The molecule has 14 heteroatoms. The SMILES string of the molecule is O=C1CCC(N2C(=O)c3cccc(OCCCCCN4CCN(c5ccc(Nc6ncc7ccc(/C=C/c8ccccc8)n7n6)cn5)CC4)c3C2=O)C(=O)N1. The third-order valence-electron chi connectivity index (χ3n) is 10.2. The van der Waals surface area contributed by atoms with Gasteiger partial charge in [-0.2, -0.15) is 0 Å². The number of hydrogen-bond acceptors (Lipinski definition) is 11. The summed E-state index contributed by atoms with van der Waals surface area (Å²) in [5.74, 6) is -0.370. The molecule has 3 aliphatic rings. The zero-order valence-electron chi connectivity index (χ0n) is 30.3. The van der Waals surface area contributed by atoms with Crippen LogP contribution in [-0.2, 0) is 9.59 Å². The third-order valence-corrected chi connectivity index (χ3v) is 10.2. The van der Waals surface area contributed by atoms with E-state index in [0.717, 1.165) is 85.2 Å². The van der Waals surface area contributed by atoms with E-state index in [-0.39, 0.29) is 24.0 Å². The maximum Gasteiger partial charge on any atom is 0.266 e. The van der Waals surface area contributed by atoms with Crippen LogP contribution in [0.2, 0.25) is 0 Å². The summed E-state index contributed by atoms with van der Waals surface area (Å²) in [6, 6.07) is 22.1. The summed E-state index contributed by atoms with van der Waals surface area (Å²) in [6.07, 6.45) is 10.7. The van der Waals surface area contributed by atoms with E-state index in [2.05, 4.69) is 43.6 Å². The summed E-state index contributed by atoms with van der Waals surface area (Å²) in [5, 5.41) is 10.2. The highest BCUT2D eigenvalue weighted by atomic mass is 16.5. The Balaban J connectivity index is 0.762. The Labute approximate surface area is 317 Å². The molecule has 0 radical (unpaired) electrons. The van der Waals surface area contributed by atoms with Gasteiger partial charge in [0.1, 0.15) is 17.6 Å². The molecule has 3 aliphatic heterocycles. The Morgan fingerprint density at radius 2 is 1.67 bits per heavy atom. The van der Waals surface area contributed by atoms with Crippen LogP contribution in [0.15, 0.2) is 85.2 Å². The van der Waals surface area contributed by atoms with E-state index >= 15 is 0 Å². The van der Waals surface area contributed by atoms with Crippen molar-refractivity contribution in [3.8, 4) is 5.75 Å². The number of aromatic nitrogens is 4. The first-order valence-corrected chi connectivity index (χ1v) is 18.7. The maximum absolute atomic E-state index is 13.3. The zero-order valence-corrected chi connectivity index (χ0v) is 30.3. The van der Waals surface area contributed by atoms with Crippen molar-refractivity contribution in [3.05, 3.63) is 108 Å². The molecule has 6 heterocycles. The lowest BCUT2D eigenvalue weighted by molar-refractivity contribution is -0.136. The second-order valence-corrected chi connectivity index (χ2v) is 13.8. The van der Waals surface area contributed by atoms with Gasteiger partial charge >= 0.3 is 0 Å². The van der Waals surface area contributed by atoms with Crippen LogP contribution in [0.1, 0.15) is 64.1 Å². The molecule has 0 saturated carbocycles. The minimum Gasteiger partial charge on any atom is -0.493 e. The van der Waals surface area contributed by atoms with Crippen LogP contribution in [0, 0.1) is 0 Å². The number of nitrogens with one attached hydrogen (secondary N) is 2. The van der Waals surface area contributed by atoms with Crippen molar-refractivity contribution in [2.45, 2.75) is 38.1 Å².